The Morgan fingerprint density at radius 1 is 0.864 bits per heavy atom. The number of guanidine groups is 1. The number of benzene rings is 2. The van der Waals surface area contributed by atoms with E-state index in [9.17, 15) is 14.4 Å². The van der Waals surface area contributed by atoms with Crippen LogP contribution in [0.15, 0.2) is 54.6 Å². The molecule has 0 aromatic heterocycles. The monoisotopic (exact) mass is 674 g/mol. The van der Waals surface area contributed by atoms with E-state index in [4.69, 9.17) is 10.5 Å². The predicted molar refractivity (Wildman–Crippen MR) is 171 cm³/mol. The highest BCUT2D eigenvalue weighted by Gasteiger charge is 2.20. The van der Waals surface area contributed by atoms with E-state index < -0.39 is 23.8 Å². The second-order valence-electron chi connectivity index (χ2n) is 11.1. The molecule has 0 saturated heterocycles. The normalized spacial score (nSPS) is 11.0. The lowest BCUT2D eigenvalue weighted by molar-refractivity contribution is -0.538. The number of unbranched alkanes of at least 4 members (excludes halogenated alkanes) is 4. The molecule has 0 spiro atoms. The quantitative estimate of drug-likeness (QED) is 0.0877. The molecule has 1 atom stereocenters. The number of nitrogens with one attached hydrogen (secondary N) is 2. The van der Waals surface area contributed by atoms with Gasteiger partial charge in [-0.1, -0.05) is 50.1 Å². The fourth-order valence-electron chi connectivity index (χ4n) is 4.86. The molecule has 0 aliphatic heterocycles. The number of ether oxygens (including phenoxy) is 1. The van der Waals surface area contributed by atoms with Crippen molar-refractivity contribution in [3.63, 3.8) is 0 Å². The van der Waals surface area contributed by atoms with Crippen molar-refractivity contribution >= 4 is 23.7 Å². The summed E-state index contributed by atoms with van der Waals surface area (Å²) in [6.07, 6.45) is 6.96. The highest BCUT2D eigenvalue weighted by molar-refractivity contribution is 5.97. The molecule has 44 heavy (non-hydrogen) atoms. The van der Waals surface area contributed by atoms with E-state index in [1.54, 1.807) is 24.3 Å². The first-order valence-electron chi connectivity index (χ1n) is 15.2. The molecule has 244 valence electrons. The number of primary amides is 1. The lowest BCUT2D eigenvalue weighted by Gasteiger charge is -2.21. The van der Waals surface area contributed by atoms with E-state index in [2.05, 4.69) is 60.1 Å². The van der Waals surface area contributed by atoms with Crippen LogP contribution in [0.3, 0.4) is 0 Å². The number of carbonyl (C=O) groups is 3. The summed E-state index contributed by atoms with van der Waals surface area (Å²) in [5.74, 6) is 0.424. The minimum absolute atomic E-state index is 0. The van der Waals surface area contributed by atoms with Crippen LogP contribution in [0.25, 0.3) is 0 Å². The lowest BCUT2D eigenvalue weighted by Crippen LogP contribution is -3.00. The zero-order chi connectivity index (χ0) is 31.6. The third-order valence-corrected chi connectivity index (χ3v) is 6.94. The smallest absolute Gasteiger partial charge is 0.349 e. The van der Waals surface area contributed by atoms with Crippen molar-refractivity contribution in [2.45, 2.75) is 57.9 Å². The van der Waals surface area contributed by atoms with Crippen LogP contribution in [0.2, 0.25) is 0 Å². The van der Waals surface area contributed by atoms with Crippen molar-refractivity contribution in [2.24, 2.45) is 5.73 Å². The number of hydrogen-bond donors (Lipinski definition) is 3. The van der Waals surface area contributed by atoms with Crippen LogP contribution in [0.4, 0.5) is 0 Å². The Bertz CT molecular complexity index is 1160. The van der Waals surface area contributed by atoms with Crippen molar-refractivity contribution in [1.82, 2.24) is 20.4 Å². The second kappa shape index (κ2) is 21.2. The second-order valence-corrected chi connectivity index (χ2v) is 11.1. The molecule has 2 aromatic rings. The molecule has 0 saturated carbocycles. The molecular formula is C33H51BrN6O4. The van der Waals surface area contributed by atoms with Gasteiger partial charge in [0.05, 0.1) is 54.4 Å². The molecule has 0 heterocycles. The molecule has 2 rings (SSSR count). The van der Waals surface area contributed by atoms with Gasteiger partial charge in [-0.05, 0) is 55.5 Å². The average molecular weight is 676 g/mol. The fraction of sp³-hybridized carbons (Fsp3) is 0.515. The predicted octanol–water partition coefficient (Wildman–Crippen LogP) is -0.136. The van der Waals surface area contributed by atoms with Crippen molar-refractivity contribution < 1.29 is 40.7 Å². The van der Waals surface area contributed by atoms with Crippen LogP contribution >= 0.6 is 0 Å². The summed E-state index contributed by atoms with van der Waals surface area (Å²) >= 11 is 0. The van der Waals surface area contributed by atoms with Crippen LogP contribution in [0, 0.1) is 0 Å². The summed E-state index contributed by atoms with van der Waals surface area (Å²) in [5.41, 5.74) is 6.74. The van der Waals surface area contributed by atoms with E-state index >= 15 is 0 Å². The molecular weight excluding hydrogens is 624 g/mol. The molecule has 0 radical (unpaired) electrons. The van der Waals surface area contributed by atoms with Gasteiger partial charge in [0.1, 0.15) is 11.8 Å². The third-order valence-electron chi connectivity index (χ3n) is 6.94. The van der Waals surface area contributed by atoms with Gasteiger partial charge in [-0.15, -0.1) is 0 Å². The zero-order valence-corrected chi connectivity index (χ0v) is 28.6. The van der Waals surface area contributed by atoms with Crippen molar-refractivity contribution in [3.05, 3.63) is 65.7 Å². The third kappa shape index (κ3) is 14.2. The summed E-state index contributed by atoms with van der Waals surface area (Å²) in [5, 5.41) is 5.18. The maximum atomic E-state index is 12.5. The highest BCUT2D eigenvalue weighted by atomic mass is 79.9. The Balaban J connectivity index is 0.00000968. The molecule has 0 aliphatic rings. The van der Waals surface area contributed by atoms with Gasteiger partial charge in [0, 0.05) is 12.0 Å². The molecule has 11 heteroatoms. The van der Waals surface area contributed by atoms with Crippen LogP contribution in [0.1, 0.15) is 61.4 Å². The Kier molecular flexibility index (Phi) is 18.5. The van der Waals surface area contributed by atoms with E-state index in [-0.39, 0.29) is 29.9 Å². The van der Waals surface area contributed by atoms with Gasteiger partial charge in [0.15, 0.2) is 0 Å². The standard InChI is InChI=1S/C33H50N6O4.BrH/c1-6-7-21-39(33(37(2)3)38(4)5)22-13-8-9-14-23-43-28-19-17-27(18-20-28)32(42)35-25-30(40)36-29(31(34)41)24-26-15-11-10-12-16-26;/h10-12,15-20,29H,6-9,13-14,21-25H2,1-5H3,(H3-,34,35,36,40,41,42);1H/t29-;/m0./s1. The molecule has 0 fully saturated rings. The van der Waals surface area contributed by atoms with Gasteiger partial charge in [0.25, 0.3) is 5.91 Å². The van der Waals surface area contributed by atoms with Gasteiger partial charge in [-0.2, -0.15) is 0 Å². The van der Waals surface area contributed by atoms with Crippen molar-refractivity contribution in [2.75, 3.05) is 54.4 Å². The molecule has 2 aromatic carbocycles. The first kappa shape index (κ1) is 38.4. The van der Waals surface area contributed by atoms with E-state index in [0.29, 0.717) is 17.9 Å². The minimum atomic E-state index is -0.860. The average Bonchev–Trinajstić information content (AvgIpc) is 2.98. The van der Waals surface area contributed by atoms with Gasteiger partial charge < -0.3 is 38.1 Å². The SMILES string of the molecule is CCCC[N+](CCCCCCOc1ccc(C(=O)NCC(=O)N[C@@H](Cc2ccccc2)C(N)=O)cc1)=C(N(C)C)N(C)C.[Br-]. The number of hydrogen-bond acceptors (Lipinski definition) is 4. The van der Waals surface area contributed by atoms with Crippen LogP contribution < -0.4 is 38.1 Å². The highest BCUT2D eigenvalue weighted by Crippen LogP contribution is 2.13. The topological polar surface area (TPSA) is 120 Å². The Morgan fingerprint density at radius 3 is 2.07 bits per heavy atom. The van der Waals surface area contributed by atoms with Gasteiger partial charge >= 0.3 is 5.96 Å². The summed E-state index contributed by atoms with van der Waals surface area (Å²) in [6, 6.07) is 15.3. The van der Waals surface area contributed by atoms with E-state index in [0.717, 1.165) is 44.3 Å². The van der Waals surface area contributed by atoms with Crippen LogP contribution in [-0.2, 0) is 16.0 Å². The largest absolute Gasteiger partial charge is 1.00 e. The minimum Gasteiger partial charge on any atom is -1.00 e. The first-order chi connectivity index (χ1) is 20.6. The Labute approximate surface area is 273 Å². The van der Waals surface area contributed by atoms with Gasteiger partial charge in [0.2, 0.25) is 11.8 Å². The van der Waals surface area contributed by atoms with Crippen molar-refractivity contribution in [3.8, 4) is 5.75 Å². The molecule has 0 bridgehead atoms. The number of amides is 3. The number of nitrogens with zero attached hydrogens (tertiary/aromatic N) is 3. The maximum absolute atomic E-state index is 12.5. The number of carbonyl (C=O) groups excluding carboxylic acids is 3. The van der Waals surface area contributed by atoms with Crippen LogP contribution in [-0.4, -0.2) is 98.5 Å². The molecule has 10 nitrogen and oxygen atoms in total. The van der Waals surface area contributed by atoms with Crippen LogP contribution in [0.5, 0.6) is 5.75 Å². The Hall–Kier alpha value is -3.60. The number of halogens is 1. The number of nitrogens with two attached hydrogens (primary N) is 1. The first-order valence-corrected chi connectivity index (χ1v) is 15.2. The van der Waals surface area contributed by atoms with Crippen molar-refractivity contribution in [1.29, 1.82) is 0 Å². The van der Waals surface area contributed by atoms with Gasteiger partial charge in [-0.3, -0.25) is 28.8 Å². The molecule has 4 N–H and O–H groups in total. The summed E-state index contributed by atoms with van der Waals surface area (Å²) in [6.45, 7) is 4.68. The molecule has 3 amide bonds. The van der Waals surface area contributed by atoms with Gasteiger partial charge in [-0.25, -0.2) is 0 Å². The summed E-state index contributed by atoms with van der Waals surface area (Å²) in [4.78, 5) is 41.0. The van der Waals surface area contributed by atoms with E-state index in [1.165, 1.54) is 18.8 Å². The summed E-state index contributed by atoms with van der Waals surface area (Å²) in [7, 11) is 8.39. The Morgan fingerprint density at radius 2 is 1.48 bits per heavy atom. The fourth-order valence-corrected chi connectivity index (χ4v) is 4.86. The zero-order valence-electron chi connectivity index (χ0n) is 27.0. The lowest BCUT2D eigenvalue weighted by atomic mass is 10.1. The number of rotatable bonds is 18. The van der Waals surface area contributed by atoms with E-state index in [1.807, 2.05) is 30.3 Å². The molecule has 0 aliphatic carbocycles. The molecule has 0 unspecified atom stereocenters. The summed E-state index contributed by atoms with van der Waals surface area (Å²) < 4.78 is 8.35. The maximum Gasteiger partial charge on any atom is 0.349 e.